The van der Waals surface area contributed by atoms with Crippen LogP contribution in [0.5, 0.6) is 0 Å². The zero-order valence-corrected chi connectivity index (χ0v) is 12.9. The average molecular weight is 341 g/mol. The van der Waals surface area contributed by atoms with Gasteiger partial charge in [0.05, 0.1) is 4.90 Å². The number of rotatable bonds is 5. The maximum absolute atomic E-state index is 12.0. The van der Waals surface area contributed by atoms with Crippen LogP contribution in [0.2, 0.25) is 0 Å². The van der Waals surface area contributed by atoms with E-state index in [0.717, 1.165) is 0 Å². The van der Waals surface area contributed by atoms with Crippen LogP contribution in [0.1, 0.15) is 13.8 Å². The highest BCUT2D eigenvalue weighted by atomic mass is 79.9. The second-order valence-electron chi connectivity index (χ2n) is 4.55. The lowest BCUT2D eigenvalue weighted by molar-refractivity contribution is 0.414. The van der Waals surface area contributed by atoms with E-state index < -0.39 is 10.0 Å². The van der Waals surface area contributed by atoms with Gasteiger partial charge in [0.1, 0.15) is 0 Å². The number of hydrogen-bond donors (Lipinski definition) is 1. The molecule has 0 heterocycles. The van der Waals surface area contributed by atoms with Crippen molar-refractivity contribution < 1.29 is 8.42 Å². The molecule has 0 saturated carbocycles. The largest absolute Gasteiger partial charge is 0.241 e. The fourth-order valence-corrected chi connectivity index (χ4v) is 3.42. The van der Waals surface area contributed by atoms with E-state index in [1.54, 1.807) is 24.3 Å². The molecule has 0 aliphatic heterocycles. The molecule has 1 rings (SSSR count). The highest BCUT2D eigenvalue weighted by molar-refractivity contribution is 9.10. The number of nitrogens with one attached hydrogen (secondary N) is 1. The quantitative estimate of drug-likeness (QED) is 0.838. The third-order valence-corrected chi connectivity index (χ3v) is 5.37. The van der Waals surface area contributed by atoms with Crippen LogP contribution in [-0.4, -0.2) is 20.8 Å². The fourth-order valence-electron chi connectivity index (χ4n) is 1.08. The SMILES string of the molecule is CC(C)(CCl)CNS(=O)(=O)c1ccccc1Br. The number of sulfonamides is 1. The Kier molecular flexibility index (Phi) is 5.01. The van der Waals surface area contributed by atoms with Crippen LogP contribution in [0.4, 0.5) is 0 Å². The summed E-state index contributed by atoms with van der Waals surface area (Å²) in [5.41, 5.74) is -0.268. The molecule has 0 saturated heterocycles. The zero-order valence-electron chi connectivity index (χ0n) is 9.70. The summed E-state index contributed by atoms with van der Waals surface area (Å²) in [7, 11) is -3.49. The monoisotopic (exact) mass is 339 g/mol. The summed E-state index contributed by atoms with van der Waals surface area (Å²) in [6, 6.07) is 6.71. The molecule has 0 radical (unpaired) electrons. The smallest absolute Gasteiger partial charge is 0.211 e. The van der Waals surface area contributed by atoms with Gasteiger partial charge in [-0.3, -0.25) is 0 Å². The van der Waals surface area contributed by atoms with Crippen LogP contribution in [0.3, 0.4) is 0 Å². The van der Waals surface area contributed by atoms with E-state index in [9.17, 15) is 8.42 Å². The fraction of sp³-hybridized carbons (Fsp3) is 0.455. The predicted octanol–water partition coefficient (Wildman–Crippen LogP) is 2.99. The summed E-state index contributed by atoms with van der Waals surface area (Å²) < 4.78 is 27.2. The maximum Gasteiger partial charge on any atom is 0.241 e. The third-order valence-electron chi connectivity index (χ3n) is 2.23. The molecule has 6 heteroatoms. The van der Waals surface area contributed by atoms with Gasteiger partial charge in [0.25, 0.3) is 0 Å². The summed E-state index contributed by atoms with van der Waals surface area (Å²) >= 11 is 8.98. The van der Waals surface area contributed by atoms with Crippen molar-refractivity contribution in [3.8, 4) is 0 Å². The van der Waals surface area contributed by atoms with E-state index in [0.29, 0.717) is 16.9 Å². The van der Waals surface area contributed by atoms with E-state index in [1.165, 1.54) is 0 Å². The molecule has 1 N–H and O–H groups in total. The summed E-state index contributed by atoms with van der Waals surface area (Å²) in [5.74, 6) is 0.394. The van der Waals surface area contributed by atoms with E-state index in [4.69, 9.17) is 11.6 Å². The number of alkyl halides is 1. The maximum atomic E-state index is 12.0. The molecule has 96 valence electrons. The Labute approximate surface area is 116 Å². The van der Waals surface area contributed by atoms with Crippen molar-refractivity contribution in [1.82, 2.24) is 4.72 Å². The van der Waals surface area contributed by atoms with Crippen molar-refractivity contribution in [2.24, 2.45) is 5.41 Å². The van der Waals surface area contributed by atoms with E-state index in [1.807, 2.05) is 13.8 Å². The minimum absolute atomic E-state index is 0.241. The topological polar surface area (TPSA) is 46.2 Å². The van der Waals surface area contributed by atoms with Crippen LogP contribution in [0.25, 0.3) is 0 Å². The van der Waals surface area contributed by atoms with Crippen LogP contribution in [-0.2, 0) is 10.0 Å². The van der Waals surface area contributed by atoms with Crippen LogP contribution >= 0.6 is 27.5 Å². The minimum atomic E-state index is -3.49. The van der Waals surface area contributed by atoms with E-state index >= 15 is 0 Å². The van der Waals surface area contributed by atoms with Crippen LogP contribution < -0.4 is 4.72 Å². The summed E-state index contributed by atoms with van der Waals surface area (Å²) in [6.07, 6.45) is 0. The molecule has 0 unspecified atom stereocenters. The zero-order chi connectivity index (χ0) is 13.1. The van der Waals surface area contributed by atoms with Gasteiger partial charge >= 0.3 is 0 Å². The summed E-state index contributed by atoms with van der Waals surface area (Å²) in [4.78, 5) is 0.241. The Morgan fingerprint density at radius 1 is 1.35 bits per heavy atom. The first-order chi connectivity index (χ1) is 7.78. The number of hydrogen-bond acceptors (Lipinski definition) is 2. The molecule has 0 amide bonds. The summed E-state index contributed by atoms with van der Waals surface area (Å²) in [5, 5.41) is 0. The average Bonchev–Trinajstić information content (AvgIpc) is 2.27. The Balaban J connectivity index is 2.88. The van der Waals surface area contributed by atoms with Gasteiger partial charge in [0, 0.05) is 16.9 Å². The Bertz CT molecular complexity index is 488. The molecular formula is C11H15BrClNO2S. The van der Waals surface area contributed by atoms with Gasteiger partial charge in [-0.05, 0) is 33.5 Å². The van der Waals surface area contributed by atoms with Crippen molar-refractivity contribution in [3.05, 3.63) is 28.7 Å². The lowest BCUT2D eigenvalue weighted by atomic mass is 9.97. The van der Waals surface area contributed by atoms with E-state index in [2.05, 4.69) is 20.7 Å². The molecule has 17 heavy (non-hydrogen) atoms. The van der Waals surface area contributed by atoms with Crippen molar-refractivity contribution in [1.29, 1.82) is 0 Å². The van der Waals surface area contributed by atoms with Crippen LogP contribution in [0, 0.1) is 5.41 Å². The Morgan fingerprint density at radius 2 is 1.94 bits per heavy atom. The molecule has 1 aromatic carbocycles. The Hall–Kier alpha value is -0.100. The molecular weight excluding hydrogens is 326 g/mol. The molecule has 0 aromatic heterocycles. The minimum Gasteiger partial charge on any atom is -0.211 e. The van der Waals surface area contributed by atoms with Gasteiger partial charge in [0.15, 0.2) is 0 Å². The van der Waals surface area contributed by atoms with Crippen molar-refractivity contribution in [3.63, 3.8) is 0 Å². The molecule has 0 spiro atoms. The second-order valence-corrected chi connectivity index (χ2v) is 7.41. The normalized spacial score (nSPS) is 12.7. The highest BCUT2D eigenvalue weighted by Crippen LogP contribution is 2.22. The number of benzene rings is 1. The van der Waals surface area contributed by atoms with Crippen LogP contribution in [0.15, 0.2) is 33.6 Å². The van der Waals surface area contributed by atoms with Gasteiger partial charge in [-0.25, -0.2) is 13.1 Å². The first kappa shape index (κ1) is 15.0. The predicted molar refractivity (Wildman–Crippen MR) is 73.8 cm³/mol. The third kappa shape index (κ3) is 4.25. The Morgan fingerprint density at radius 3 is 2.47 bits per heavy atom. The standard InChI is InChI=1S/C11H15BrClNO2S/c1-11(2,7-13)8-14-17(15,16)10-6-4-3-5-9(10)12/h3-6,14H,7-8H2,1-2H3. The van der Waals surface area contributed by atoms with Gasteiger partial charge in [-0.15, -0.1) is 11.6 Å². The molecule has 0 aliphatic carbocycles. The summed E-state index contributed by atoms with van der Waals surface area (Å²) in [6.45, 7) is 4.12. The molecule has 3 nitrogen and oxygen atoms in total. The lowest BCUT2D eigenvalue weighted by Crippen LogP contribution is -2.35. The highest BCUT2D eigenvalue weighted by Gasteiger charge is 2.22. The van der Waals surface area contributed by atoms with Gasteiger partial charge in [0.2, 0.25) is 10.0 Å². The second kappa shape index (κ2) is 5.69. The lowest BCUT2D eigenvalue weighted by Gasteiger charge is -2.21. The van der Waals surface area contributed by atoms with Crippen molar-refractivity contribution in [2.45, 2.75) is 18.7 Å². The molecule has 0 aliphatic rings. The van der Waals surface area contributed by atoms with Gasteiger partial charge < -0.3 is 0 Å². The molecule has 1 aromatic rings. The first-order valence-corrected chi connectivity index (χ1v) is 7.90. The van der Waals surface area contributed by atoms with E-state index in [-0.39, 0.29) is 10.3 Å². The molecule has 0 fully saturated rings. The van der Waals surface area contributed by atoms with Gasteiger partial charge in [-0.2, -0.15) is 0 Å². The van der Waals surface area contributed by atoms with Crippen molar-refractivity contribution in [2.75, 3.05) is 12.4 Å². The first-order valence-electron chi connectivity index (χ1n) is 5.09. The van der Waals surface area contributed by atoms with Gasteiger partial charge in [-0.1, -0.05) is 26.0 Å². The van der Waals surface area contributed by atoms with Crippen molar-refractivity contribution >= 4 is 37.6 Å². The number of halogens is 2. The molecule has 0 bridgehead atoms. The molecule has 0 atom stereocenters.